The Labute approximate surface area is 152 Å². The summed E-state index contributed by atoms with van der Waals surface area (Å²) in [5.74, 6) is 0.271. The van der Waals surface area contributed by atoms with Gasteiger partial charge in [-0.25, -0.2) is 0 Å². The summed E-state index contributed by atoms with van der Waals surface area (Å²) >= 11 is 0. The van der Waals surface area contributed by atoms with E-state index in [0.29, 0.717) is 35.0 Å². The van der Waals surface area contributed by atoms with Crippen molar-refractivity contribution in [1.82, 2.24) is 10.3 Å². The van der Waals surface area contributed by atoms with Crippen molar-refractivity contribution in [3.05, 3.63) is 47.7 Å². The van der Waals surface area contributed by atoms with Crippen molar-refractivity contribution < 1.29 is 9.59 Å². The minimum atomic E-state index is -0.200. The first kappa shape index (κ1) is 17.6. The molecule has 1 aliphatic rings. The molecular weight excluding hydrogens is 328 g/mol. The van der Waals surface area contributed by atoms with Crippen LogP contribution in [-0.2, 0) is 4.79 Å². The van der Waals surface area contributed by atoms with Crippen LogP contribution in [0.1, 0.15) is 35.7 Å². The summed E-state index contributed by atoms with van der Waals surface area (Å²) in [4.78, 5) is 29.6. The zero-order valence-electron chi connectivity index (χ0n) is 14.8. The van der Waals surface area contributed by atoms with Gasteiger partial charge in [0.25, 0.3) is 5.91 Å². The number of nitrogens with one attached hydrogen (secondary N) is 1. The summed E-state index contributed by atoms with van der Waals surface area (Å²) in [6, 6.07) is 11.0. The molecule has 0 saturated heterocycles. The Hall–Kier alpha value is -3.20. The molecule has 0 unspecified atom stereocenters. The Morgan fingerprint density at radius 3 is 2.62 bits per heavy atom. The van der Waals surface area contributed by atoms with Gasteiger partial charge < -0.3 is 10.2 Å². The summed E-state index contributed by atoms with van der Waals surface area (Å²) in [7, 11) is 1.57. The van der Waals surface area contributed by atoms with Crippen LogP contribution in [-0.4, -0.2) is 30.4 Å². The second kappa shape index (κ2) is 7.36. The molecule has 0 bridgehead atoms. The van der Waals surface area contributed by atoms with Crippen LogP contribution in [0.2, 0.25) is 0 Å². The van der Waals surface area contributed by atoms with Crippen LogP contribution in [0.15, 0.2) is 36.5 Å². The van der Waals surface area contributed by atoms with Gasteiger partial charge in [0.2, 0.25) is 5.91 Å². The number of benzene rings is 1. The largest absolute Gasteiger partial charge is 0.355 e. The van der Waals surface area contributed by atoms with Crippen LogP contribution in [0.25, 0.3) is 11.3 Å². The topological polar surface area (TPSA) is 86.1 Å². The van der Waals surface area contributed by atoms with E-state index in [0.717, 1.165) is 18.4 Å². The number of nitrogens with zero attached hydrogens (tertiary/aromatic N) is 3. The lowest BCUT2D eigenvalue weighted by molar-refractivity contribution is -0.116. The van der Waals surface area contributed by atoms with E-state index in [9.17, 15) is 14.9 Å². The first-order valence-electron chi connectivity index (χ1n) is 8.54. The molecule has 1 N–H and O–H groups in total. The zero-order chi connectivity index (χ0) is 18.7. The van der Waals surface area contributed by atoms with Crippen LogP contribution in [0.3, 0.4) is 0 Å². The Kier molecular flexibility index (Phi) is 4.99. The highest BCUT2D eigenvalue weighted by Gasteiger charge is 2.27. The van der Waals surface area contributed by atoms with Crippen LogP contribution < -0.4 is 10.2 Å². The van der Waals surface area contributed by atoms with Crippen molar-refractivity contribution in [3.8, 4) is 17.3 Å². The van der Waals surface area contributed by atoms with Crippen LogP contribution in [0.5, 0.6) is 0 Å². The molecule has 132 valence electrons. The average Bonchev–Trinajstić information content (AvgIpc) is 3.49. The summed E-state index contributed by atoms with van der Waals surface area (Å²) < 4.78 is 0. The number of pyridine rings is 1. The van der Waals surface area contributed by atoms with Crippen molar-refractivity contribution in [2.75, 3.05) is 18.5 Å². The highest BCUT2D eigenvalue weighted by Crippen LogP contribution is 2.33. The third-order valence-electron chi connectivity index (χ3n) is 4.47. The minimum absolute atomic E-state index is 0.0609. The summed E-state index contributed by atoms with van der Waals surface area (Å²) in [6.45, 7) is 2.18. The van der Waals surface area contributed by atoms with Crippen molar-refractivity contribution in [1.29, 1.82) is 5.26 Å². The third-order valence-corrected chi connectivity index (χ3v) is 4.47. The maximum absolute atomic E-state index is 12.0. The Balaban J connectivity index is 1.92. The van der Waals surface area contributed by atoms with Crippen LogP contribution in [0.4, 0.5) is 5.69 Å². The number of aromatic nitrogens is 1. The number of carbonyl (C=O) groups is 2. The number of hydrogen-bond donors (Lipinski definition) is 1. The highest BCUT2D eigenvalue weighted by molar-refractivity contribution is 5.94. The monoisotopic (exact) mass is 348 g/mol. The maximum atomic E-state index is 12.0. The fraction of sp³-hybridized carbons (Fsp3) is 0.300. The molecule has 3 rings (SSSR count). The predicted molar refractivity (Wildman–Crippen MR) is 98.5 cm³/mol. The lowest BCUT2D eigenvalue weighted by Gasteiger charge is -2.22. The molecule has 1 saturated carbocycles. The normalized spacial score (nSPS) is 13.0. The van der Waals surface area contributed by atoms with E-state index in [-0.39, 0.29) is 11.8 Å². The average molecular weight is 348 g/mol. The molecule has 2 aromatic rings. The molecule has 6 heteroatoms. The van der Waals surface area contributed by atoms with Crippen molar-refractivity contribution in [3.63, 3.8) is 0 Å². The lowest BCUT2D eigenvalue weighted by Crippen LogP contribution is -2.31. The van der Waals surface area contributed by atoms with Gasteiger partial charge in [-0.3, -0.25) is 14.6 Å². The van der Waals surface area contributed by atoms with E-state index in [4.69, 9.17) is 0 Å². The molecule has 0 spiro atoms. The van der Waals surface area contributed by atoms with E-state index in [1.165, 1.54) is 13.1 Å². The first-order valence-corrected chi connectivity index (χ1v) is 8.54. The maximum Gasteiger partial charge on any atom is 0.252 e. The summed E-state index contributed by atoms with van der Waals surface area (Å²) in [5.41, 5.74) is 2.98. The van der Waals surface area contributed by atoms with Crippen LogP contribution >= 0.6 is 0 Å². The number of anilines is 1. The smallest absolute Gasteiger partial charge is 0.252 e. The number of rotatable bonds is 5. The van der Waals surface area contributed by atoms with Gasteiger partial charge in [-0.15, -0.1) is 0 Å². The molecule has 0 aliphatic heterocycles. The van der Waals surface area contributed by atoms with Gasteiger partial charge in [-0.1, -0.05) is 6.07 Å². The van der Waals surface area contributed by atoms with Crippen LogP contribution in [0, 0.1) is 17.2 Å². The predicted octanol–water partition coefficient (Wildman–Crippen LogP) is 2.74. The molecule has 0 radical (unpaired) electrons. The summed E-state index contributed by atoms with van der Waals surface area (Å²) in [5, 5.41) is 12.1. The van der Waals surface area contributed by atoms with Crippen molar-refractivity contribution in [2.45, 2.75) is 19.8 Å². The van der Waals surface area contributed by atoms with Crippen molar-refractivity contribution >= 4 is 17.5 Å². The Morgan fingerprint density at radius 2 is 2.08 bits per heavy atom. The number of carbonyl (C=O) groups excluding carboxylic acids is 2. The molecule has 0 atom stereocenters. The Bertz CT molecular complexity index is 880. The SMILES string of the molecule is CNC(=O)c1ccc(-c2ccc(N(CC3CC3)C(C)=O)c(C#N)c2)nc1. The van der Waals surface area contributed by atoms with Gasteiger partial charge in [0.1, 0.15) is 6.07 Å². The van der Waals surface area contributed by atoms with Gasteiger partial charge in [0, 0.05) is 32.3 Å². The van der Waals surface area contributed by atoms with E-state index < -0.39 is 0 Å². The fourth-order valence-corrected chi connectivity index (χ4v) is 2.82. The molecule has 2 amide bonds. The number of hydrogen-bond acceptors (Lipinski definition) is 4. The van der Waals surface area contributed by atoms with E-state index in [1.54, 1.807) is 36.2 Å². The standard InChI is InChI=1S/C20H20N4O2/c1-13(25)24(12-14-3-4-14)19-8-6-15(9-17(19)10-21)18-7-5-16(11-23-18)20(26)22-2/h5-9,11,14H,3-4,12H2,1-2H3,(H,22,26). The van der Waals surface area contributed by atoms with Gasteiger partial charge in [0.15, 0.2) is 0 Å². The molecule has 1 aromatic carbocycles. The second-order valence-electron chi connectivity index (χ2n) is 6.43. The van der Waals surface area contributed by atoms with Crippen molar-refractivity contribution in [2.24, 2.45) is 5.92 Å². The van der Waals surface area contributed by atoms with E-state index >= 15 is 0 Å². The highest BCUT2D eigenvalue weighted by atomic mass is 16.2. The Morgan fingerprint density at radius 1 is 1.31 bits per heavy atom. The van der Waals surface area contributed by atoms with E-state index in [2.05, 4.69) is 16.4 Å². The molecule has 6 nitrogen and oxygen atoms in total. The second-order valence-corrected chi connectivity index (χ2v) is 6.43. The fourth-order valence-electron chi connectivity index (χ4n) is 2.82. The molecule has 1 fully saturated rings. The van der Waals surface area contributed by atoms with Gasteiger partial charge >= 0.3 is 0 Å². The quantitative estimate of drug-likeness (QED) is 0.900. The zero-order valence-corrected chi connectivity index (χ0v) is 14.8. The lowest BCUT2D eigenvalue weighted by atomic mass is 10.0. The molecule has 1 heterocycles. The number of nitriles is 1. The summed E-state index contributed by atoms with van der Waals surface area (Å²) in [6.07, 6.45) is 3.76. The third kappa shape index (κ3) is 3.72. The molecule has 1 aromatic heterocycles. The van der Waals surface area contributed by atoms with Gasteiger partial charge in [0.05, 0.1) is 22.5 Å². The van der Waals surface area contributed by atoms with Gasteiger partial charge in [-0.05, 0) is 43.0 Å². The molecular formula is C20H20N4O2. The molecule has 1 aliphatic carbocycles. The minimum Gasteiger partial charge on any atom is -0.355 e. The van der Waals surface area contributed by atoms with Gasteiger partial charge in [-0.2, -0.15) is 5.26 Å². The van der Waals surface area contributed by atoms with E-state index in [1.807, 2.05) is 6.07 Å². The molecule has 26 heavy (non-hydrogen) atoms. The first-order chi connectivity index (χ1) is 12.5. The number of amides is 2.